The summed E-state index contributed by atoms with van der Waals surface area (Å²) < 4.78 is 0. The fraction of sp³-hybridized carbons (Fsp3) is 0.636. The van der Waals surface area contributed by atoms with Crippen LogP contribution in [-0.4, -0.2) is 34.7 Å². The molecule has 3 N–H and O–H groups in total. The van der Waals surface area contributed by atoms with Crippen LogP contribution in [0.15, 0.2) is 6.20 Å². The third kappa shape index (κ3) is 2.41. The minimum absolute atomic E-state index is 0.0228. The van der Waals surface area contributed by atoms with Crippen molar-refractivity contribution in [3.63, 3.8) is 0 Å². The molecular weight excluding hydrogens is 204 g/mol. The SMILES string of the molecule is Cc1[nH]ncc1C(=O)NC1CCNC(C)C1. The number of carbonyl (C=O) groups is 1. The van der Waals surface area contributed by atoms with Gasteiger partial charge in [-0.2, -0.15) is 5.10 Å². The average Bonchev–Trinajstić information content (AvgIpc) is 2.64. The van der Waals surface area contributed by atoms with E-state index in [1.807, 2.05) is 6.92 Å². The molecule has 0 bridgehead atoms. The second kappa shape index (κ2) is 4.65. The number of amides is 1. The molecule has 1 amide bonds. The van der Waals surface area contributed by atoms with Crippen molar-refractivity contribution in [2.75, 3.05) is 6.54 Å². The monoisotopic (exact) mass is 222 g/mol. The van der Waals surface area contributed by atoms with Crippen LogP contribution in [0.4, 0.5) is 0 Å². The number of hydrogen-bond donors (Lipinski definition) is 3. The molecule has 2 atom stereocenters. The minimum Gasteiger partial charge on any atom is -0.349 e. The number of aromatic amines is 1. The highest BCUT2D eigenvalue weighted by Gasteiger charge is 2.21. The molecule has 5 heteroatoms. The van der Waals surface area contributed by atoms with Crippen molar-refractivity contribution in [2.24, 2.45) is 0 Å². The van der Waals surface area contributed by atoms with Crippen LogP contribution in [-0.2, 0) is 0 Å². The van der Waals surface area contributed by atoms with Gasteiger partial charge in [0, 0.05) is 17.8 Å². The first-order chi connectivity index (χ1) is 7.66. The molecule has 1 saturated heterocycles. The van der Waals surface area contributed by atoms with E-state index in [0.717, 1.165) is 25.1 Å². The molecule has 0 spiro atoms. The first-order valence-electron chi connectivity index (χ1n) is 5.71. The smallest absolute Gasteiger partial charge is 0.254 e. The zero-order chi connectivity index (χ0) is 11.5. The van der Waals surface area contributed by atoms with Crippen LogP contribution >= 0.6 is 0 Å². The van der Waals surface area contributed by atoms with E-state index in [2.05, 4.69) is 27.8 Å². The molecule has 2 heterocycles. The topological polar surface area (TPSA) is 69.8 Å². The molecule has 0 aromatic carbocycles. The predicted octanol–water partition coefficient (Wildman–Crippen LogP) is 0.588. The Balaban J connectivity index is 1.95. The number of nitrogens with zero attached hydrogens (tertiary/aromatic N) is 1. The number of nitrogens with one attached hydrogen (secondary N) is 3. The summed E-state index contributed by atoms with van der Waals surface area (Å²) in [6.07, 6.45) is 3.56. The fourth-order valence-electron chi connectivity index (χ4n) is 2.11. The Bertz CT molecular complexity index is 374. The molecule has 88 valence electrons. The number of piperidine rings is 1. The summed E-state index contributed by atoms with van der Waals surface area (Å²) >= 11 is 0. The molecule has 0 saturated carbocycles. The molecule has 16 heavy (non-hydrogen) atoms. The lowest BCUT2D eigenvalue weighted by Crippen LogP contribution is -2.46. The number of aromatic nitrogens is 2. The van der Waals surface area contributed by atoms with E-state index >= 15 is 0 Å². The highest BCUT2D eigenvalue weighted by atomic mass is 16.1. The molecular formula is C11H18N4O. The summed E-state index contributed by atoms with van der Waals surface area (Å²) in [6, 6.07) is 0.752. The lowest BCUT2D eigenvalue weighted by Gasteiger charge is -2.28. The molecule has 1 aromatic rings. The summed E-state index contributed by atoms with van der Waals surface area (Å²) in [6.45, 7) is 4.96. The van der Waals surface area contributed by atoms with Crippen LogP contribution in [0.3, 0.4) is 0 Å². The van der Waals surface area contributed by atoms with Gasteiger partial charge in [0.05, 0.1) is 11.8 Å². The van der Waals surface area contributed by atoms with E-state index in [9.17, 15) is 4.79 Å². The van der Waals surface area contributed by atoms with Gasteiger partial charge < -0.3 is 10.6 Å². The molecule has 1 fully saturated rings. The highest BCUT2D eigenvalue weighted by Crippen LogP contribution is 2.10. The Morgan fingerprint density at radius 3 is 3.06 bits per heavy atom. The molecule has 2 unspecified atom stereocenters. The zero-order valence-corrected chi connectivity index (χ0v) is 9.71. The van der Waals surface area contributed by atoms with Gasteiger partial charge in [-0.05, 0) is 33.2 Å². The van der Waals surface area contributed by atoms with Crippen LogP contribution in [0.1, 0.15) is 35.8 Å². The van der Waals surface area contributed by atoms with Crippen LogP contribution in [0, 0.1) is 6.92 Å². The minimum atomic E-state index is -0.0228. The maximum Gasteiger partial charge on any atom is 0.254 e. The van der Waals surface area contributed by atoms with E-state index in [4.69, 9.17) is 0 Å². The Morgan fingerprint density at radius 2 is 2.44 bits per heavy atom. The summed E-state index contributed by atoms with van der Waals surface area (Å²) in [5.41, 5.74) is 1.46. The first kappa shape index (κ1) is 11.1. The largest absolute Gasteiger partial charge is 0.349 e. The fourth-order valence-corrected chi connectivity index (χ4v) is 2.11. The number of aryl methyl sites for hydroxylation is 1. The number of carbonyl (C=O) groups excluding carboxylic acids is 1. The van der Waals surface area contributed by atoms with Crippen molar-refractivity contribution in [3.8, 4) is 0 Å². The second-order valence-electron chi connectivity index (χ2n) is 4.46. The van der Waals surface area contributed by atoms with E-state index in [1.54, 1.807) is 6.20 Å². The predicted molar refractivity (Wildman–Crippen MR) is 61.3 cm³/mol. The van der Waals surface area contributed by atoms with Gasteiger partial charge >= 0.3 is 0 Å². The van der Waals surface area contributed by atoms with Crippen molar-refractivity contribution in [3.05, 3.63) is 17.5 Å². The van der Waals surface area contributed by atoms with Gasteiger partial charge in [-0.25, -0.2) is 0 Å². The Hall–Kier alpha value is -1.36. The van der Waals surface area contributed by atoms with Gasteiger partial charge in [0.25, 0.3) is 5.91 Å². The maximum atomic E-state index is 11.9. The summed E-state index contributed by atoms with van der Waals surface area (Å²) in [5, 5.41) is 13.0. The maximum absolute atomic E-state index is 11.9. The molecule has 0 radical (unpaired) electrons. The number of rotatable bonds is 2. The van der Waals surface area contributed by atoms with Crippen molar-refractivity contribution in [2.45, 2.75) is 38.8 Å². The van der Waals surface area contributed by atoms with E-state index < -0.39 is 0 Å². The second-order valence-corrected chi connectivity index (χ2v) is 4.46. The van der Waals surface area contributed by atoms with Crippen molar-refractivity contribution in [1.29, 1.82) is 0 Å². The molecule has 5 nitrogen and oxygen atoms in total. The van der Waals surface area contributed by atoms with Crippen LogP contribution in [0.25, 0.3) is 0 Å². The number of H-pyrrole nitrogens is 1. The van der Waals surface area contributed by atoms with Crippen molar-refractivity contribution >= 4 is 5.91 Å². The van der Waals surface area contributed by atoms with E-state index in [1.165, 1.54) is 0 Å². The highest BCUT2D eigenvalue weighted by molar-refractivity contribution is 5.95. The molecule has 1 aliphatic rings. The molecule has 1 aliphatic heterocycles. The quantitative estimate of drug-likeness (QED) is 0.686. The van der Waals surface area contributed by atoms with Gasteiger partial charge in [-0.1, -0.05) is 0 Å². The van der Waals surface area contributed by atoms with Gasteiger partial charge in [-0.15, -0.1) is 0 Å². The van der Waals surface area contributed by atoms with Gasteiger partial charge in [-0.3, -0.25) is 9.89 Å². The molecule has 2 rings (SSSR count). The van der Waals surface area contributed by atoms with Crippen molar-refractivity contribution in [1.82, 2.24) is 20.8 Å². The summed E-state index contributed by atoms with van der Waals surface area (Å²) in [5.74, 6) is -0.0228. The van der Waals surface area contributed by atoms with Crippen LogP contribution in [0.5, 0.6) is 0 Å². The van der Waals surface area contributed by atoms with E-state index in [0.29, 0.717) is 11.6 Å². The first-order valence-corrected chi connectivity index (χ1v) is 5.71. The lowest BCUT2D eigenvalue weighted by molar-refractivity contribution is 0.0925. The third-order valence-corrected chi connectivity index (χ3v) is 3.03. The molecule has 1 aromatic heterocycles. The summed E-state index contributed by atoms with van der Waals surface area (Å²) in [4.78, 5) is 11.9. The van der Waals surface area contributed by atoms with Crippen LogP contribution < -0.4 is 10.6 Å². The zero-order valence-electron chi connectivity index (χ0n) is 9.71. The van der Waals surface area contributed by atoms with Gasteiger partial charge in [0.15, 0.2) is 0 Å². The Labute approximate surface area is 95.0 Å². The van der Waals surface area contributed by atoms with Crippen molar-refractivity contribution < 1.29 is 4.79 Å². The normalized spacial score (nSPS) is 25.4. The van der Waals surface area contributed by atoms with E-state index in [-0.39, 0.29) is 11.9 Å². The average molecular weight is 222 g/mol. The Kier molecular flexibility index (Phi) is 3.24. The standard InChI is InChI=1S/C11H18N4O/c1-7-5-9(3-4-12-7)14-11(16)10-6-13-15-8(10)2/h6-7,9,12H,3-5H2,1-2H3,(H,13,15)(H,14,16). The third-order valence-electron chi connectivity index (χ3n) is 3.03. The number of hydrogen-bond acceptors (Lipinski definition) is 3. The van der Waals surface area contributed by atoms with Gasteiger partial charge in [0.1, 0.15) is 0 Å². The van der Waals surface area contributed by atoms with Crippen LogP contribution in [0.2, 0.25) is 0 Å². The van der Waals surface area contributed by atoms with Gasteiger partial charge in [0.2, 0.25) is 0 Å². The lowest BCUT2D eigenvalue weighted by atomic mass is 10.0. The summed E-state index contributed by atoms with van der Waals surface area (Å²) in [7, 11) is 0. The molecule has 0 aliphatic carbocycles. The Morgan fingerprint density at radius 1 is 1.62 bits per heavy atom.